The van der Waals surface area contributed by atoms with Crippen molar-refractivity contribution in [3.05, 3.63) is 47.0 Å². The summed E-state index contributed by atoms with van der Waals surface area (Å²) in [7, 11) is 1.62. The van der Waals surface area contributed by atoms with E-state index in [0.717, 1.165) is 30.8 Å². The van der Waals surface area contributed by atoms with Crippen molar-refractivity contribution in [1.29, 1.82) is 0 Å². The zero-order chi connectivity index (χ0) is 19.9. The molecule has 7 nitrogen and oxygen atoms in total. The number of guanidine groups is 1. The molecule has 9 heteroatoms. The number of aromatic nitrogens is 3. The smallest absolute Gasteiger partial charge is 0.191 e. The Balaban J connectivity index is 1.59. The number of halogens is 2. The number of hydrogen-bond acceptors (Lipinski definition) is 4. The van der Waals surface area contributed by atoms with Gasteiger partial charge in [-0.25, -0.2) is 18.4 Å². The van der Waals surface area contributed by atoms with Crippen LogP contribution in [0.15, 0.2) is 23.2 Å². The summed E-state index contributed by atoms with van der Waals surface area (Å²) >= 11 is 0. The highest BCUT2D eigenvalue weighted by Gasteiger charge is 2.22. The van der Waals surface area contributed by atoms with Gasteiger partial charge in [-0.1, -0.05) is 0 Å². The Kier molecular flexibility index (Phi) is 6.91. The first-order chi connectivity index (χ1) is 13.6. The first-order valence-corrected chi connectivity index (χ1v) is 9.49. The van der Waals surface area contributed by atoms with Crippen molar-refractivity contribution in [2.75, 3.05) is 20.2 Å². The predicted octanol–water partition coefficient (Wildman–Crippen LogP) is 1.82. The lowest BCUT2D eigenvalue weighted by atomic mass is 10.1. The van der Waals surface area contributed by atoms with Gasteiger partial charge < -0.3 is 15.4 Å². The highest BCUT2D eigenvalue weighted by molar-refractivity contribution is 5.80. The van der Waals surface area contributed by atoms with Crippen molar-refractivity contribution in [2.45, 2.75) is 45.4 Å². The van der Waals surface area contributed by atoms with E-state index in [0.29, 0.717) is 50.0 Å². The van der Waals surface area contributed by atoms with Crippen LogP contribution in [0.25, 0.3) is 0 Å². The van der Waals surface area contributed by atoms with E-state index in [1.54, 1.807) is 7.11 Å². The molecule has 0 aliphatic carbocycles. The summed E-state index contributed by atoms with van der Waals surface area (Å²) in [5.41, 5.74) is 0.329. The van der Waals surface area contributed by atoms with Crippen LogP contribution in [-0.2, 0) is 30.7 Å². The van der Waals surface area contributed by atoms with Crippen LogP contribution in [0.1, 0.15) is 30.6 Å². The van der Waals surface area contributed by atoms with Crippen LogP contribution in [0.2, 0.25) is 0 Å². The number of aliphatic imine (C=N–C) groups is 1. The van der Waals surface area contributed by atoms with Crippen LogP contribution in [0, 0.1) is 11.6 Å². The lowest BCUT2D eigenvalue weighted by Gasteiger charge is -2.25. The first kappa shape index (κ1) is 20.2. The van der Waals surface area contributed by atoms with Crippen LogP contribution in [0.4, 0.5) is 8.78 Å². The molecule has 0 bridgehead atoms. The summed E-state index contributed by atoms with van der Waals surface area (Å²) in [5.74, 6) is 1.46. The Morgan fingerprint density at radius 1 is 1.39 bits per heavy atom. The quantitative estimate of drug-likeness (QED) is 0.555. The number of ether oxygens (including phenoxy) is 1. The molecule has 0 amide bonds. The number of fused-ring (bicyclic) bond motifs is 1. The number of nitrogens with zero attached hydrogens (tertiary/aromatic N) is 4. The van der Waals surface area contributed by atoms with Gasteiger partial charge in [0.25, 0.3) is 0 Å². The minimum atomic E-state index is -0.441. The first-order valence-electron chi connectivity index (χ1n) is 9.49. The van der Waals surface area contributed by atoms with Crippen LogP contribution in [0.5, 0.6) is 0 Å². The van der Waals surface area contributed by atoms with Crippen LogP contribution < -0.4 is 10.6 Å². The van der Waals surface area contributed by atoms with Gasteiger partial charge in [0.2, 0.25) is 0 Å². The number of methoxy groups -OCH3 is 1. The molecule has 2 heterocycles. The Morgan fingerprint density at radius 3 is 3.04 bits per heavy atom. The minimum Gasteiger partial charge on any atom is -0.377 e. The van der Waals surface area contributed by atoms with Gasteiger partial charge in [-0.05, 0) is 43.5 Å². The molecule has 1 aliphatic rings. The van der Waals surface area contributed by atoms with E-state index >= 15 is 0 Å². The average molecular weight is 392 g/mol. The van der Waals surface area contributed by atoms with Crippen molar-refractivity contribution in [3.63, 3.8) is 0 Å². The minimum absolute atomic E-state index is 0.160. The van der Waals surface area contributed by atoms with Crippen molar-refractivity contribution in [3.8, 4) is 0 Å². The van der Waals surface area contributed by atoms with Crippen LogP contribution in [-0.4, -0.2) is 47.0 Å². The van der Waals surface area contributed by atoms with Gasteiger partial charge in [0.1, 0.15) is 24.1 Å². The topological polar surface area (TPSA) is 76.4 Å². The monoisotopic (exact) mass is 392 g/mol. The Bertz CT molecular complexity index is 823. The fourth-order valence-electron chi connectivity index (χ4n) is 3.21. The van der Waals surface area contributed by atoms with Gasteiger partial charge >= 0.3 is 0 Å². The number of benzene rings is 1. The number of aryl methyl sites for hydroxylation is 1. The molecule has 152 valence electrons. The van der Waals surface area contributed by atoms with Gasteiger partial charge in [0.15, 0.2) is 11.8 Å². The van der Waals surface area contributed by atoms with Gasteiger partial charge in [0.05, 0.1) is 6.54 Å². The largest absolute Gasteiger partial charge is 0.377 e. The molecule has 1 unspecified atom stereocenters. The summed E-state index contributed by atoms with van der Waals surface area (Å²) < 4.78 is 34.0. The molecular formula is C19H26F2N6O. The van der Waals surface area contributed by atoms with E-state index in [-0.39, 0.29) is 6.04 Å². The molecule has 0 radical (unpaired) electrons. The normalized spacial score (nSPS) is 16.7. The Hall–Kier alpha value is -2.55. The predicted molar refractivity (Wildman–Crippen MR) is 102 cm³/mol. The lowest BCUT2D eigenvalue weighted by Crippen LogP contribution is -2.47. The summed E-state index contributed by atoms with van der Waals surface area (Å²) in [4.78, 5) is 8.98. The molecule has 1 atom stereocenters. The van der Waals surface area contributed by atoms with Crippen molar-refractivity contribution >= 4 is 5.96 Å². The number of nitrogens with one attached hydrogen (secondary N) is 2. The summed E-state index contributed by atoms with van der Waals surface area (Å²) in [5, 5.41) is 11.1. The highest BCUT2D eigenvalue weighted by atomic mass is 19.1. The third-order valence-corrected chi connectivity index (χ3v) is 4.52. The zero-order valence-corrected chi connectivity index (χ0v) is 16.2. The van der Waals surface area contributed by atoms with Crippen molar-refractivity contribution in [2.24, 2.45) is 4.99 Å². The molecule has 0 spiro atoms. The SMILES string of the molecule is CCNC(=NCCc1cc(F)ccc1F)NC1CCc2nc(COC)nn2C1. The van der Waals surface area contributed by atoms with Gasteiger partial charge in [-0.15, -0.1) is 0 Å². The van der Waals surface area contributed by atoms with E-state index in [4.69, 9.17) is 4.74 Å². The molecule has 0 saturated heterocycles. The number of rotatable bonds is 7. The number of hydrogen-bond donors (Lipinski definition) is 2. The van der Waals surface area contributed by atoms with E-state index in [1.165, 1.54) is 6.07 Å². The molecule has 1 aliphatic heterocycles. The second-order valence-corrected chi connectivity index (χ2v) is 6.69. The molecular weight excluding hydrogens is 366 g/mol. The third kappa shape index (κ3) is 5.25. The molecule has 1 aromatic heterocycles. The van der Waals surface area contributed by atoms with E-state index in [2.05, 4.69) is 25.7 Å². The maximum atomic E-state index is 13.7. The molecule has 0 saturated carbocycles. The highest BCUT2D eigenvalue weighted by Crippen LogP contribution is 2.14. The van der Waals surface area contributed by atoms with Gasteiger partial charge in [-0.3, -0.25) is 4.99 Å². The van der Waals surface area contributed by atoms with Crippen molar-refractivity contribution < 1.29 is 13.5 Å². The molecule has 28 heavy (non-hydrogen) atoms. The van der Waals surface area contributed by atoms with Gasteiger partial charge in [0, 0.05) is 32.7 Å². The molecule has 1 aromatic carbocycles. The van der Waals surface area contributed by atoms with Gasteiger partial charge in [-0.2, -0.15) is 5.10 Å². The standard InChI is InChI=1S/C19H26F2N6O/c1-3-22-19(23-9-8-13-10-14(20)4-6-16(13)21)24-15-5-7-18-25-17(12-28-2)26-27(18)11-15/h4,6,10,15H,3,5,7-9,11-12H2,1-2H3,(H2,22,23,24). The molecule has 2 N–H and O–H groups in total. The summed E-state index contributed by atoms with van der Waals surface area (Å²) in [6.45, 7) is 4.14. The third-order valence-electron chi connectivity index (χ3n) is 4.52. The average Bonchev–Trinajstić information content (AvgIpc) is 3.06. The molecule has 3 rings (SSSR count). The fraction of sp³-hybridized carbons (Fsp3) is 0.526. The maximum Gasteiger partial charge on any atom is 0.191 e. The van der Waals surface area contributed by atoms with E-state index < -0.39 is 11.6 Å². The van der Waals surface area contributed by atoms with E-state index in [9.17, 15) is 8.78 Å². The maximum absolute atomic E-state index is 13.7. The van der Waals surface area contributed by atoms with E-state index in [1.807, 2.05) is 11.6 Å². The molecule has 2 aromatic rings. The second kappa shape index (κ2) is 9.59. The fourth-order valence-corrected chi connectivity index (χ4v) is 3.21. The Labute approximate surface area is 163 Å². The second-order valence-electron chi connectivity index (χ2n) is 6.69. The van der Waals surface area contributed by atoms with Crippen molar-refractivity contribution in [1.82, 2.24) is 25.4 Å². The summed E-state index contributed by atoms with van der Waals surface area (Å²) in [6.07, 6.45) is 2.06. The summed E-state index contributed by atoms with van der Waals surface area (Å²) in [6, 6.07) is 3.64. The molecule has 0 fully saturated rings. The zero-order valence-electron chi connectivity index (χ0n) is 16.2. The lowest BCUT2D eigenvalue weighted by molar-refractivity contribution is 0.177. The van der Waals surface area contributed by atoms with Crippen LogP contribution >= 0.6 is 0 Å². The van der Waals surface area contributed by atoms with Crippen LogP contribution in [0.3, 0.4) is 0 Å². The Morgan fingerprint density at radius 2 is 2.25 bits per heavy atom.